The zero-order chi connectivity index (χ0) is 44.3. The predicted molar refractivity (Wildman–Crippen MR) is 288 cm³/mol. The average Bonchev–Trinajstić information content (AvgIpc) is 3.95. The highest BCUT2D eigenvalue weighted by atomic mass is 32.1. The standard InChI is InChI=1S/C64H48N2S/c1-3-20-43(21-4-1)48-31-17-22-44-23-18-32-54(63(44)48)50-28-9-14-37-59(50)66(60-38-15-10-29-51(60)55-33-19-34-56-53-30-11-16-39-62(53)67-64(55)56)57-35-12-7-26-47(57)45-40-41-52-49-27-8-13-36-58(49)65(61(52)42-45)46-24-5-2-6-25-46/h2,5-19,22-43H,1,3-4,20-21H2. The fourth-order valence-corrected chi connectivity index (χ4v) is 12.6. The molecule has 2 heterocycles. The summed E-state index contributed by atoms with van der Waals surface area (Å²) in [7, 11) is 0. The van der Waals surface area contributed by atoms with Crippen LogP contribution in [0.15, 0.2) is 224 Å². The van der Waals surface area contributed by atoms with Gasteiger partial charge in [0.1, 0.15) is 0 Å². The molecule has 0 saturated heterocycles. The van der Waals surface area contributed by atoms with Gasteiger partial charge in [-0.1, -0.05) is 195 Å². The van der Waals surface area contributed by atoms with Gasteiger partial charge in [0.25, 0.3) is 0 Å². The third-order valence-electron chi connectivity index (χ3n) is 14.4. The first-order valence-electron chi connectivity index (χ1n) is 23.9. The Hall–Kier alpha value is -7.72. The highest BCUT2D eigenvalue weighted by Gasteiger charge is 2.26. The third kappa shape index (κ3) is 6.68. The van der Waals surface area contributed by atoms with Gasteiger partial charge in [-0.15, -0.1) is 11.3 Å². The Morgan fingerprint density at radius 3 is 1.76 bits per heavy atom. The number of benzene rings is 10. The monoisotopic (exact) mass is 876 g/mol. The molecule has 0 N–H and O–H groups in total. The maximum Gasteiger partial charge on any atom is 0.0547 e. The van der Waals surface area contributed by atoms with Crippen LogP contribution in [0.1, 0.15) is 43.6 Å². The molecule has 12 aromatic rings. The van der Waals surface area contributed by atoms with E-state index in [1.807, 2.05) is 11.3 Å². The highest BCUT2D eigenvalue weighted by Crippen LogP contribution is 2.51. The zero-order valence-electron chi connectivity index (χ0n) is 37.3. The molecule has 2 nitrogen and oxygen atoms in total. The summed E-state index contributed by atoms with van der Waals surface area (Å²) >= 11 is 1.89. The third-order valence-corrected chi connectivity index (χ3v) is 15.6. The average molecular weight is 877 g/mol. The van der Waals surface area contributed by atoms with Gasteiger partial charge in [-0.05, 0) is 94.8 Å². The van der Waals surface area contributed by atoms with Gasteiger partial charge in [-0.25, -0.2) is 0 Å². The Morgan fingerprint density at radius 2 is 0.970 bits per heavy atom. The molecule has 1 aliphatic carbocycles. The molecule has 67 heavy (non-hydrogen) atoms. The summed E-state index contributed by atoms with van der Waals surface area (Å²) in [5.41, 5.74) is 15.7. The number of para-hydroxylation sites is 5. The lowest BCUT2D eigenvalue weighted by Gasteiger charge is -2.32. The lowest BCUT2D eigenvalue weighted by molar-refractivity contribution is 0.445. The molecule has 1 saturated carbocycles. The van der Waals surface area contributed by atoms with Gasteiger partial charge in [0.2, 0.25) is 0 Å². The van der Waals surface area contributed by atoms with Crippen molar-refractivity contribution in [2.24, 2.45) is 0 Å². The van der Waals surface area contributed by atoms with E-state index >= 15 is 0 Å². The van der Waals surface area contributed by atoms with Crippen LogP contribution in [-0.2, 0) is 0 Å². The van der Waals surface area contributed by atoms with Crippen LogP contribution < -0.4 is 4.90 Å². The molecule has 1 aliphatic rings. The smallest absolute Gasteiger partial charge is 0.0547 e. The maximum atomic E-state index is 2.57. The molecule has 1 fully saturated rings. The fourth-order valence-electron chi connectivity index (χ4n) is 11.4. The van der Waals surface area contributed by atoms with E-state index in [1.54, 1.807) is 0 Å². The minimum atomic E-state index is 0.562. The van der Waals surface area contributed by atoms with Crippen molar-refractivity contribution in [1.29, 1.82) is 0 Å². The van der Waals surface area contributed by atoms with Crippen molar-refractivity contribution < 1.29 is 0 Å². The molecule has 13 rings (SSSR count). The summed E-state index contributed by atoms with van der Waals surface area (Å²) in [4.78, 5) is 2.57. The summed E-state index contributed by atoms with van der Waals surface area (Å²) in [5.74, 6) is 0.562. The van der Waals surface area contributed by atoms with Crippen molar-refractivity contribution in [3.05, 3.63) is 230 Å². The van der Waals surface area contributed by atoms with Crippen LogP contribution >= 0.6 is 11.3 Å². The van der Waals surface area contributed by atoms with Gasteiger partial charge in [0.15, 0.2) is 0 Å². The maximum absolute atomic E-state index is 2.57. The largest absolute Gasteiger partial charge is 0.309 e. The van der Waals surface area contributed by atoms with E-state index in [0.29, 0.717) is 5.92 Å². The molecule has 320 valence electrons. The minimum absolute atomic E-state index is 0.562. The van der Waals surface area contributed by atoms with E-state index in [4.69, 9.17) is 0 Å². The summed E-state index contributed by atoms with van der Waals surface area (Å²) in [6.07, 6.45) is 6.43. The van der Waals surface area contributed by atoms with Gasteiger partial charge in [0.05, 0.1) is 28.1 Å². The SMILES string of the molecule is c1ccc(-n2c3ccccc3c3ccc(-c4ccccc4N(c4ccccc4-c4cccc5c4sc4ccccc45)c4ccccc4-c4cccc5cccc(C6CCCCC6)c45)cc32)cc1. The van der Waals surface area contributed by atoms with E-state index in [-0.39, 0.29) is 0 Å². The lowest BCUT2D eigenvalue weighted by Crippen LogP contribution is -2.14. The molecule has 10 aromatic carbocycles. The molecule has 0 bridgehead atoms. The number of aromatic nitrogens is 1. The fraction of sp³-hybridized carbons (Fsp3) is 0.0938. The Kier molecular flexibility index (Phi) is 9.83. The van der Waals surface area contributed by atoms with Crippen LogP contribution in [0.5, 0.6) is 0 Å². The second kappa shape index (κ2) is 16.6. The number of rotatable bonds is 8. The van der Waals surface area contributed by atoms with Gasteiger partial charge in [-0.3, -0.25) is 0 Å². The van der Waals surface area contributed by atoms with Crippen molar-refractivity contribution in [3.63, 3.8) is 0 Å². The molecule has 0 aliphatic heterocycles. The van der Waals surface area contributed by atoms with Crippen LogP contribution in [0.25, 0.3) is 91.8 Å². The van der Waals surface area contributed by atoms with Crippen LogP contribution in [0, 0.1) is 0 Å². The molecule has 0 atom stereocenters. The molecule has 2 aromatic heterocycles. The van der Waals surface area contributed by atoms with Gasteiger partial charge in [0, 0.05) is 58.9 Å². The van der Waals surface area contributed by atoms with E-state index in [9.17, 15) is 0 Å². The van der Waals surface area contributed by atoms with Crippen molar-refractivity contribution in [2.45, 2.75) is 38.0 Å². The number of fused-ring (bicyclic) bond motifs is 7. The van der Waals surface area contributed by atoms with Crippen molar-refractivity contribution in [2.75, 3.05) is 4.90 Å². The Balaban J connectivity index is 1.09. The van der Waals surface area contributed by atoms with Crippen LogP contribution in [0.3, 0.4) is 0 Å². The quantitative estimate of drug-likeness (QED) is 0.148. The zero-order valence-corrected chi connectivity index (χ0v) is 38.1. The lowest BCUT2D eigenvalue weighted by atomic mass is 9.80. The minimum Gasteiger partial charge on any atom is -0.309 e. The number of thiophene rings is 1. The Bertz CT molecular complexity index is 3810. The second-order valence-electron chi connectivity index (χ2n) is 18.2. The molecule has 0 radical (unpaired) electrons. The van der Waals surface area contributed by atoms with Gasteiger partial charge >= 0.3 is 0 Å². The Morgan fingerprint density at radius 1 is 0.403 bits per heavy atom. The second-order valence-corrected chi connectivity index (χ2v) is 19.2. The van der Waals surface area contributed by atoms with Crippen molar-refractivity contribution in [1.82, 2.24) is 4.57 Å². The van der Waals surface area contributed by atoms with E-state index in [2.05, 4.69) is 234 Å². The van der Waals surface area contributed by atoms with Crippen molar-refractivity contribution >= 4 is 81.1 Å². The summed E-state index contributed by atoms with van der Waals surface area (Å²) in [5, 5.41) is 7.80. The normalized spacial score (nSPS) is 13.3. The summed E-state index contributed by atoms with van der Waals surface area (Å²) in [6, 6.07) is 83.6. The van der Waals surface area contributed by atoms with Crippen molar-refractivity contribution in [3.8, 4) is 39.1 Å². The van der Waals surface area contributed by atoms with E-state index in [0.717, 1.165) is 22.7 Å². The first-order valence-corrected chi connectivity index (χ1v) is 24.7. The number of hydrogen-bond acceptors (Lipinski definition) is 2. The molecule has 0 amide bonds. The highest BCUT2D eigenvalue weighted by molar-refractivity contribution is 7.26. The predicted octanol–water partition coefficient (Wildman–Crippen LogP) is 18.8. The van der Waals surface area contributed by atoms with Gasteiger partial charge < -0.3 is 9.47 Å². The molecular weight excluding hydrogens is 829 g/mol. The van der Waals surface area contributed by atoms with E-state index < -0.39 is 0 Å². The van der Waals surface area contributed by atoms with E-state index in [1.165, 1.54) is 124 Å². The number of anilines is 3. The molecule has 0 spiro atoms. The van der Waals surface area contributed by atoms with Crippen LogP contribution in [0.4, 0.5) is 17.1 Å². The first-order chi connectivity index (χ1) is 33.3. The topological polar surface area (TPSA) is 8.17 Å². The first kappa shape index (κ1) is 39.6. The number of nitrogens with zero attached hydrogens (tertiary/aromatic N) is 2. The Labute approximate surface area is 395 Å². The van der Waals surface area contributed by atoms with Crippen LogP contribution in [0.2, 0.25) is 0 Å². The summed E-state index contributed by atoms with van der Waals surface area (Å²) < 4.78 is 5.04. The van der Waals surface area contributed by atoms with Crippen LogP contribution in [-0.4, -0.2) is 4.57 Å². The molecule has 3 heteroatoms. The molecule has 0 unspecified atom stereocenters. The number of hydrogen-bond donors (Lipinski definition) is 0. The van der Waals surface area contributed by atoms with Gasteiger partial charge in [-0.2, -0.15) is 0 Å². The summed E-state index contributed by atoms with van der Waals surface area (Å²) in [6.45, 7) is 0. The molecular formula is C64H48N2S.